The Hall–Kier alpha value is -1.30. The van der Waals surface area contributed by atoms with Gasteiger partial charge in [0.25, 0.3) is 0 Å². The topological polar surface area (TPSA) is 59.6 Å². The molecule has 1 saturated heterocycles. The molecule has 1 heterocycles. The minimum atomic E-state index is -0.450. The number of hydrogen-bond donors (Lipinski definition) is 2. The fraction of sp³-hybridized carbons (Fsp3) is 0.533. The number of amides is 1. The molecule has 1 aromatic rings. The van der Waals surface area contributed by atoms with Crippen molar-refractivity contribution in [2.45, 2.75) is 19.6 Å². The number of carbonyl (C=O) groups is 1. The van der Waals surface area contributed by atoms with Crippen LogP contribution < -0.4 is 15.4 Å². The van der Waals surface area contributed by atoms with Gasteiger partial charge in [-0.15, -0.1) is 12.4 Å². The Bertz CT molecular complexity index is 452. The normalized spacial score (nSPS) is 15.5. The quantitative estimate of drug-likeness (QED) is 0.798. The van der Waals surface area contributed by atoms with Crippen molar-refractivity contribution in [2.24, 2.45) is 5.92 Å². The molecule has 21 heavy (non-hydrogen) atoms. The Morgan fingerprint density at radius 3 is 2.86 bits per heavy atom. The number of benzene rings is 1. The maximum Gasteiger partial charge on any atom is 0.248 e. The highest BCUT2D eigenvalue weighted by atomic mass is 35.5. The summed E-state index contributed by atoms with van der Waals surface area (Å²) < 4.78 is 10.7. The van der Waals surface area contributed by atoms with Crippen LogP contribution in [0.2, 0.25) is 0 Å². The highest BCUT2D eigenvalue weighted by Gasteiger charge is 2.19. The number of nitrogens with one attached hydrogen (secondary N) is 2. The fourth-order valence-electron chi connectivity index (χ4n) is 1.94. The monoisotopic (exact) mass is 314 g/mol. The molecule has 0 saturated carbocycles. The van der Waals surface area contributed by atoms with Crippen LogP contribution in [0, 0.1) is 5.92 Å². The molecule has 1 atom stereocenters. The molecule has 0 spiro atoms. The Balaban J connectivity index is 0.00000220. The van der Waals surface area contributed by atoms with Crippen LogP contribution in [0.25, 0.3) is 0 Å². The van der Waals surface area contributed by atoms with Crippen molar-refractivity contribution >= 4 is 18.3 Å². The third-order valence-corrected chi connectivity index (χ3v) is 3.43. The van der Waals surface area contributed by atoms with E-state index in [0.717, 1.165) is 30.9 Å². The van der Waals surface area contributed by atoms with Gasteiger partial charge in [-0.25, -0.2) is 0 Å². The van der Waals surface area contributed by atoms with E-state index in [-0.39, 0.29) is 18.3 Å². The van der Waals surface area contributed by atoms with Gasteiger partial charge in [-0.1, -0.05) is 12.1 Å². The predicted octanol–water partition coefficient (Wildman–Crippen LogP) is 1.36. The Labute approximate surface area is 131 Å². The third-order valence-electron chi connectivity index (χ3n) is 3.43. The Morgan fingerprint density at radius 1 is 1.48 bits per heavy atom. The number of carbonyl (C=O) groups excluding carboxylic acids is 1. The summed E-state index contributed by atoms with van der Waals surface area (Å²) in [5.41, 5.74) is 0.993. The van der Waals surface area contributed by atoms with E-state index >= 15 is 0 Å². The molecule has 0 radical (unpaired) electrons. The molecule has 1 fully saturated rings. The molecular formula is C15H23ClN2O3. The van der Waals surface area contributed by atoms with Crippen LogP contribution in [0.4, 0.5) is 0 Å². The second-order valence-electron chi connectivity index (χ2n) is 5.07. The standard InChI is InChI=1S/C15H22N2O3.ClH/c1-11(15(18)17-9-13-7-16-8-13)20-10-12-4-3-5-14(6-12)19-2;/h3-6,11,13,16H,7-10H2,1-2H3,(H,17,18);1H. The first-order valence-corrected chi connectivity index (χ1v) is 6.92. The molecule has 118 valence electrons. The molecular weight excluding hydrogens is 292 g/mol. The van der Waals surface area contributed by atoms with E-state index in [1.807, 2.05) is 24.3 Å². The van der Waals surface area contributed by atoms with E-state index in [1.165, 1.54) is 0 Å². The third kappa shape index (κ3) is 5.53. The fourth-order valence-corrected chi connectivity index (χ4v) is 1.94. The predicted molar refractivity (Wildman–Crippen MR) is 83.9 cm³/mol. The van der Waals surface area contributed by atoms with E-state index in [9.17, 15) is 4.79 Å². The smallest absolute Gasteiger partial charge is 0.248 e. The second-order valence-corrected chi connectivity index (χ2v) is 5.07. The summed E-state index contributed by atoms with van der Waals surface area (Å²) in [6, 6.07) is 7.65. The summed E-state index contributed by atoms with van der Waals surface area (Å²) in [4.78, 5) is 11.9. The summed E-state index contributed by atoms with van der Waals surface area (Å²) in [5.74, 6) is 1.30. The summed E-state index contributed by atoms with van der Waals surface area (Å²) >= 11 is 0. The van der Waals surface area contributed by atoms with Crippen molar-refractivity contribution in [2.75, 3.05) is 26.7 Å². The first-order valence-electron chi connectivity index (χ1n) is 6.92. The average molecular weight is 315 g/mol. The first kappa shape index (κ1) is 17.8. The molecule has 0 aromatic heterocycles. The average Bonchev–Trinajstić information content (AvgIpc) is 2.43. The van der Waals surface area contributed by atoms with Gasteiger partial charge in [0.15, 0.2) is 0 Å². The highest BCUT2D eigenvalue weighted by molar-refractivity contribution is 5.85. The van der Waals surface area contributed by atoms with E-state index in [0.29, 0.717) is 12.5 Å². The Morgan fingerprint density at radius 2 is 2.24 bits per heavy atom. The second kappa shape index (κ2) is 8.87. The molecule has 1 unspecified atom stereocenters. The van der Waals surface area contributed by atoms with Gasteiger partial charge in [-0.3, -0.25) is 4.79 Å². The number of methoxy groups -OCH3 is 1. The van der Waals surface area contributed by atoms with Crippen LogP contribution in [0.5, 0.6) is 5.75 Å². The van der Waals surface area contributed by atoms with Gasteiger partial charge in [0, 0.05) is 25.6 Å². The van der Waals surface area contributed by atoms with E-state index in [2.05, 4.69) is 10.6 Å². The van der Waals surface area contributed by atoms with E-state index < -0.39 is 6.10 Å². The van der Waals surface area contributed by atoms with Crippen LogP contribution in [0.3, 0.4) is 0 Å². The minimum absolute atomic E-state index is 0. The van der Waals surface area contributed by atoms with Crippen LogP contribution in [0.15, 0.2) is 24.3 Å². The largest absolute Gasteiger partial charge is 0.497 e. The van der Waals surface area contributed by atoms with E-state index in [4.69, 9.17) is 9.47 Å². The van der Waals surface area contributed by atoms with Crippen molar-refractivity contribution in [3.8, 4) is 5.75 Å². The molecule has 1 amide bonds. The van der Waals surface area contributed by atoms with Gasteiger partial charge in [0.1, 0.15) is 11.9 Å². The maximum absolute atomic E-state index is 11.9. The van der Waals surface area contributed by atoms with Crippen molar-refractivity contribution in [1.82, 2.24) is 10.6 Å². The molecule has 6 heteroatoms. The number of halogens is 1. The van der Waals surface area contributed by atoms with Crippen molar-refractivity contribution in [3.63, 3.8) is 0 Å². The summed E-state index contributed by atoms with van der Waals surface area (Å²) in [5, 5.41) is 6.09. The zero-order valence-corrected chi connectivity index (χ0v) is 13.2. The first-order chi connectivity index (χ1) is 9.69. The van der Waals surface area contributed by atoms with Crippen LogP contribution in [-0.4, -0.2) is 38.8 Å². The molecule has 1 aliphatic heterocycles. The summed E-state index contributed by atoms with van der Waals surface area (Å²) in [6.45, 7) is 4.86. The summed E-state index contributed by atoms with van der Waals surface area (Å²) in [7, 11) is 1.63. The van der Waals surface area contributed by atoms with Gasteiger partial charge in [0.05, 0.1) is 13.7 Å². The number of hydrogen-bond acceptors (Lipinski definition) is 4. The lowest BCUT2D eigenvalue weighted by Gasteiger charge is -2.27. The van der Waals surface area contributed by atoms with Crippen molar-refractivity contribution in [3.05, 3.63) is 29.8 Å². The lowest BCUT2D eigenvalue weighted by Crippen LogP contribution is -2.49. The number of ether oxygens (including phenoxy) is 2. The molecule has 2 N–H and O–H groups in total. The SMILES string of the molecule is COc1cccc(COC(C)C(=O)NCC2CNC2)c1.Cl. The zero-order chi connectivity index (χ0) is 14.4. The summed E-state index contributed by atoms with van der Waals surface area (Å²) in [6.07, 6.45) is -0.450. The molecule has 1 aliphatic rings. The van der Waals surface area contributed by atoms with Crippen LogP contribution >= 0.6 is 12.4 Å². The highest BCUT2D eigenvalue weighted by Crippen LogP contribution is 2.13. The van der Waals surface area contributed by atoms with Crippen molar-refractivity contribution < 1.29 is 14.3 Å². The lowest BCUT2D eigenvalue weighted by molar-refractivity contribution is -0.132. The van der Waals surface area contributed by atoms with Crippen LogP contribution in [0.1, 0.15) is 12.5 Å². The number of rotatable bonds is 7. The zero-order valence-electron chi connectivity index (χ0n) is 12.4. The maximum atomic E-state index is 11.9. The lowest BCUT2D eigenvalue weighted by atomic mass is 10.0. The molecule has 0 aliphatic carbocycles. The minimum Gasteiger partial charge on any atom is -0.497 e. The molecule has 1 aromatic carbocycles. The molecule has 5 nitrogen and oxygen atoms in total. The molecule has 2 rings (SSSR count). The van der Waals surface area contributed by atoms with Gasteiger partial charge < -0.3 is 20.1 Å². The van der Waals surface area contributed by atoms with Gasteiger partial charge in [-0.05, 0) is 24.6 Å². The van der Waals surface area contributed by atoms with E-state index in [1.54, 1.807) is 14.0 Å². The van der Waals surface area contributed by atoms with Gasteiger partial charge in [0.2, 0.25) is 5.91 Å². The Kier molecular flexibility index (Phi) is 7.50. The van der Waals surface area contributed by atoms with Gasteiger partial charge in [-0.2, -0.15) is 0 Å². The molecule has 0 bridgehead atoms. The van der Waals surface area contributed by atoms with Gasteiger partial charge >= 0.3 is 0 Å². The van der Waals surface area contributed by atoms with Crippen LogP contribution in [-0.2, 0) is 16.1 Å². The van der Waals surface area contributed by atoms with Crippen molar-refractivity contribution in [1.29, 1.82) is 0 Å².